The third kappa shape index (κ3) is 5.40. The van der Waals surface area contributed by atoms with Gasteiger partial charge in [-0.05, 0) is 51.3 Å². The minimum absolute atomic E-state index is 0.406. The molecule has 1 rings (SSSR count). The van der Waals surface area contributed by atoms with E-state index >= 15 is 0 Å². The Balaban J connectivity index is 2.31. The Morgan fingerprint density at radius 2 is 2.25 bits per heavy atom. The van der Waals surface area contributed by atoms with E-state index in [1.165, 1.54) is 4.88 Å². The van der Waals surface area contributed by atoms with Crippen molar-refractivity contribution < 1.29 is 4.21 Å². The van der Waals surface area contributed by atoms with Crippen LogP contribution in [0.5, 0.6) is 0 Å². The number of halogens is 2. The van der Waals surface area contributed by atoms with Crippen molar-refractivity contribution in [3.8, 4) is 0 Å². The van der Waals surface area contributed by atoms with Gasteiger partial charge < -0.3 is 5.32 Å². The van der Waals surface area contributed by atoms with Gasteiger partial charge in [-0.2, -0.15) is 0 Å². The zero-order chi connectivity index (χ0) is 12.1. The lowest BCUT2D eigenvalue weighted by atomic mass is 10.2. The van der Waals surface area contributed by atoms with Crippen LogP contribution in [0.2, 0.25) is 0 Å². The molecule has 2 atom stereocenters. The van der Waals surface area contributed by atoms with Gasteiger partial charge in [0.05, 0.1) is 3.79 Å². The summed E-state index contributed by atoms with van der Waals surface area (Å²) in [5.41, 5.74) is 0. The minimum Gasteiger partial charge on any atom is -0.309 e. The smallest absolute Gasteiger partial charge is 0.0843 e. The molecule has 2 nitrogen and oxygen atoms in total. The van der Waals surface area contributed by atoms with Crippen molar-refractivity contribution in [3.63, 3.8) is 0 Å². The number of thiophene rings is 1. The van der Waals surface area contributed by atoms with Crippen molar-refractivity contribution in [2.24, 2.45) is 0 Å². The summed E-state index contributed by atoms with van der Waals surface area (Å²) >= 11 is 8.67. The van der Waals surface area contributed by atoms with E-state index in [2.05, 4.69) is 50.2 Å². The lowest BCUT2D eigenvalue weighted by molar-refractivity contribution is 0.538. The van der Waals surface area contributed by atoms with Gasteiger partial charge in [0.15, 0.2) is 0 Å². The molecule has 0 spiro atoms. The zero-order valence-corrected chi connectivity index (χ0v) is 14.1. The van der Waals surface area contributed by atoms with E-state index in [1.54, 1.807) is 17.6 Å². The molecule has 1 aromatic rings. The maximum absolute atomic E-state index is 10.9. The first-order chi connectivity index (χ1) is 7.49. The van der Waals surface area contributed by atoms with E-state index in [4.69, 9.17) is 0 Å². The molecule has 1 aromatic heterocycles. The van der Waals surface area contributed by atoms with Crippen LogP contribution in [0.25, 0.3) is 0 Å². The number of hydrogen-bond acceptors (Lipinski definition) is 3. The molecule has 16 heavy (non-hydrogen) atoms. The number of rotatable bonds is 6. The monoisotopic (exact) mass is 387 g/mol. The first-order valence-corrected chi connectivity index (χ1v) is 9.09. The van der Waals surface area contributed by atoms with Crippen molar-refractivity contribution in [3.05, 3.63) is 19.2 Å². The molecule has 1 N–H and O–H groups in total. The average Bonchev–Trinajstić information content (AvgIpc) is 2.52. The predicted octanol–water partition coefficient (Wildman–Crippen LogP) is 3.52. The fraction of sp³-hybridized carbons (Fsp3) is 0.600. The van der Waals surface area contributed by atoms with Crippen molar-refractivity contribution >= 4 is 54.0 Å². The van der Waals surface area contributed by atoms with Gasteiger partial charge in [-0.25, -0.2) is 0 Å². The molecule has 0 fully saturated rings. The summed E-state index contributed by atoms with van der Waals surface area (Å²) in [6, 6.07) is 2.52. The molecule has 2 unspecified atom stereocenters. The third-order valence-corrected chi connectivity index (χ3v) is 6.23. The normalized spacial score (nSPS) is 15.0. The van der Waals surface area contributed by atoms with Gasteiger partial charge in [0, 0.05) is 44.7 Å². The maximum Gasteiger partial charge on any atom is 0.0843 e. The minimum atomic E-state index is -0.686. The van der Waals surface area contributed by atoms with Crippen molar-refractivity contribution in [1.29, 1.82) is 0 Å². The summed E-state index contributed by atoms with van der Waals surface area (Å²) in [6.07, 6.45) is 2.71. The van der Waals surface area contributed by atoms with E-state index in [1.807, 2.05) is 0 Å². The van der Waals surface area contributed by atoms with Crippen LogP contribution in [0, 0.1) is 0 Å². The Morgan fingerprint density at radius 1 is 1.56 bits per heavy atom. The summed E-state index contributed by atoms with van der Waals surface area (Å²) in [6.45, 7) is 3.00. The Bertz CT molecular complexity index is 348. The SMILES string of the molecule is CC(CCS(C)=O)NCc1cc(Br)c(Br)s1. The molecular weight excluding hydrogens is 374 g/mol. The lowest BCUT2D eigenvalue weighted by Crippen LogP contribution is -2.26. The Hall–Kier alpha value is 0.770. The molecule has 0 aliphatic carbocycles. The third-order valence-electron chi connectivity index (χ3n) is 2.16. The molecule has 0 saturated heterocycles. The molecule has 0 aromatic carbocycles. The van der Waals surface area contributed by atoms with Crippen LogP contribution in [0.1, 0.15) is 18.2 Å². The summed E-state index contributed by atoms with van der Waals surface area (Å²) in [7, 11) is -0.686. The molecule has 0 bridgehead atoms. The quantitative estimate of drug-likeness (QED) is 0.807. The van der Waals surface area contributed by atoms with Crippen molar-refractivity contribution in [2.45, 2.75) is 25.9 Å². The molecule has 6 heteroatoms. The van der Waals surface area contributed by atoms with Gasteiger partial charge in [0.1, 0.15) is 0 Å². The second-order valence-electron chi connectivity index (χ2n) is 3.68. The molecule has 0 aliphatic rings. The molecule has 1 heterocycles. The molecule has 0 radical (unpaired) electrons. The van der Waals surface area contributed by atoms with Gasteiger partial charge in [-0.1, -0.05) is 0 Å². The highest BCUT2D eigenvalue weighted by Crippen LogP contribution is 2.32. The molecular formula is C10H15Br2NOS2. The molecule has 92 valence electrons. The van der Waals surface area contributed by atoms with Crippen LogP contribution in [0.4, 0.5) is 0 Å². The van der Waals surface area contributed by atoms with Crippen LogP contribution in [-0.2, 0) is 17.3 Å². The van der Waals surface area contributed by atoms with E-state index in [9.17, 15) is 4.21 Å². The second-order valence-corrected chi connectivity index (χ2v) is 8.55. The predicted molar refractivity (Wildman–Crippen MR) is 79.6 cm³/mol. The summed E-state index contributed by atoms with van der Waals surface area (Å²) in [5.74, 6) is 0.770. The highest BCUT2D eigenvalue weighted by Gasteiger charge is 2.06. The fourth-order valence-electron chi connectivity index (χ4n) is 1.20. The molecule has 0 amide bonds. The highest BCUT2D eigenvalue weighted by molar-refractivity contribution is 9.13. The number of hydrogen-bond donors (Lipinski definition) is 1. The maximum atomic E-state index is 10.9. The standard InChI is InChI=1S/C10H15Br2NOS2/c1-7(3-4-16(2)14)13-6-8-5-9(11)10(12)15-8/h5,7,13H,3-4,6H2,1-2H3. The second kappa shape index (κ2) is 7.26. The Morgan fingerprint density at radius 3 is 2.75 bits per heavy atom. The average molecular weight is 389 g/mol. The van der Waals surface area contributed by atoms with Gasteiger partial charge in [-0.15, -0.1) is 11.3 Å². The topological polar surface area (TPSA) is 29.1 Å². The van der Waals surface area contributed by atoms with Crippen LogP contribution in [0.15, 0.2) is 14.3 Å². The van der Waals surface area contributed by atoms with E-state index in [0.29, 0.717) is 6.04 Å². The van der Waals surface area contributed by atoms with Crippen LogP contribution in [-0.4, -0.2) is 22.3 Å². The van der Waals surface area contributed by atoms with E-state index < -0.39 is 10.8 Å². The van der Waals surface area contributed by atoms with Crippen molar-refractivity contribution in [1.82, 2.24) is 5.32 Å². The van der Waals surface area contributed by atoms with Crippen LogP contribution >= 0.6 is 43.2 Å². The largest absolute Gasteiger partial charge is 0.309 e. The summed E-state index contributed by atoms with van der Waals surface area (Å²) in [5, 5.41) is 3.43. The fourth-order valence-corrected chi connectivity index (χ4v) is 4.01. The Kier molecular flexibility index (Phi) is 6.73. The van der Waals surface area contributed by atoms with E-state index in [0.717, 1.165) is 27.0 Å². The van der Waals surface area contributed by atoms with Gasteiger partial charge in [-0.3, -0.25) is 4.21 Å². The van der Waals surface area contributed by atoms with E-state index in [-0.39, 0.29) is 0 Å². The first kappa shape index (κ1) is 14.8. The van der Waals surface area contributed by atoms with Gasteiger partial charge in [0.2, 0.25) is 0 Å². The van der Waals surface area contributed by atoms with Crippen LogP contribution < -0.4 is 5.32 Å². The van der Waals surface area contributed by atoms with Gasteiger partial charge in [0.25, 0.3) is 0 Å². The van der Waals surface area contributed by atoms with Gasteiger partial charge >= 0.3 is 0 Å². The molecule has 0 saturated carbocycles. The molecule has 0 aliphatic heterocycles. The lowest BCUT2D eigenvalue weighted by Gasteiger charge is -2.11. The summed E-state index contributed by atoms with van der Waals surface area (Å²) in [4.78, 5) is 1.29. The first-order valence-electron chi connectivity index (χ1n) is 4.96. The highest BCUT2D eigenvalue weighted by atomic mass is 79.9. The number of nitrogens with one attached hydrogen (secondary N) is 1. The zero-order valence-electron chi connectivity index (χ0n) is 9.26. The van der Waals surface area contributed by atoms with Crippen molar-refractivity contribution in [2.75, 3.05) is 12.0 Å². The van der Waals surface area contributed by atoms with Crippen LogP contribution in [0.3, 0.4) is 0 Å². The Labute approximate surface area is 120 Å². The summed E-state index contributed by atoms with van der Waals surface area (Å²) < 4.78 is 13.2.